The molecule has 0 aromatic heterocycles. The molecule has 0 heterocycles. The van der Waals surface area contributed by atoms with Gasteiger partial charge in [0.25, 0.3) is 0 Å². The quantitative estimate of drug-likeness (QED) is 0.382. The summed E-state index contributed by atoms with van der Waals surface area (Å²) in [6, 6.07) is 0. The van der Waals surface area contributed by atoms with E-state index in [0.29, 0.717) is 0 Å². The third kappa shape index (κ3) is 4.51. The summed E-state index contributed by atoms with van der Waals surface area (Å²) in [7, 11) is 0. The van der Waals surface area contributed by atoms with E-state index in [4.69, 9.17) is 4.74 Å². The maximum atomic E-state index is 11.3. The fraction of sp³-hybridized carbons (Fsp3) is 0.700. The summed E-state index contributed by atoms with van der Waals surface area (Å²) < 4.78 is 16.2. The molecule has 0 atom stereocenters. The van der Waals surface area contributed by atoms with Crippen LogP contribution in [0.1, 0.15) is 33.6 Å². The maximum Gasteiger partial charge on any atom is 0.311 e. The Hall–Kier alpha value is -1.04. The first kappa shape index (κ1) is 12.0. The summed E-state index contributed by atoms with van der Waals surface area (Å²) in [5, 5.41) is 0. The lowest BCUT2D eigenvalue weighted by Gasteiger charge is -2.19. The second-order valence-corrected chi connectivity index (χ2v) is 3.39. The SMILES string of the molecule is CCC(C)(C)C(=O)OCCC#CF. The van der Waals surface area contributed by atoms with Crippen molar-refractivity contribution in [2.75, 3.05) is 6.61 Å². The van der Waals surface area contributed by atoms with Crippen molar-refractivity contribution in [2.45, 2.75) is 33.6 Å². The summed E-state index contributed by atoms with van der Waals surface area (Å²) in [6.07, 6.45) is 2.23. The molecule has 0 rings (SSSR count). The number of carbonyl (C=O) groups is 1. The largest absolute Gasteiger partial charge is 0.464 e. The van der Waals surface area contributed by atoms with Gasteiger partial charge in [-0.15, -0.1) is 4.39 Å². The minimum Gasteiger partial charge on any atom is -0.464 e. The van der Waals surface area contributed by atoms with Crippen LogP contribution in [0.5, 0.6) is 0 Å². The van der Waals surface area contributed by atoms with Crippen molar-refractivity contribution in [2.24, 2.45) is 5.41 Å². The monoisotopic (exact) mass is 186 g/mol. The first-order valence-corrected chi connectivity index (χ1v) is 4.30. The molecule has 0 aliphatic carbocycles. The topological polar surface area (TPSA) is 26.3 Å². The first-order chi connectivity index (χ1) is 6.04. The van der Waals surface area contributed by atoms with Crippen molar-refractivity contribution < 1.29 is 13.9 Å². The highest BCUT2D eigenvalue weighted by molar-refractivity contribution is 5.75. The molecule has 0 N–H and O–H groups in total. The highest BCUT2D eigenvalue weighted by atomic mass is 19.1. The number of halogens is 1. The number of ether oxygens (including phenoxy) is 1. The molecule has 2 nitrogen and oxygen atoms in total. The number of hydrogen-bond acceptors (Lipinski definition) is 2. The van der Waals surface area contributed by atoms with Gasteiger partial charge in [0.05, 0.1) is 5.41 Å². The van der Waals surface area contributed by atoms with Crippen LogP contribution in [0.2, 0.25) is 0 Å². The third-order valence-electron chi connectivity index (χ3n) is 1.96. The van der Waals surface area contributed by atoms with Gasteiger partial charge in [0.2, 0.25) is 0 Å². The average molecular weight is 186 g/mol. The van der Waals surface area contributed by atoms with Crippen molar-refractivity contribution in [3.63, 3.8) is 0 Å². The molecule has 0 bridgehead atoms. The van der Waals surface area contributed by atoms with Crippen LogP contribution in [0.3, 0.4) is 0 Å². The minimum absolute atomic E-state index is 0.166. The molecule has 13 heavy (non-hydrogen) atoms. The summed E-state index contributed by atoms with van der Waals surface area (Å²) in [4.78, 5) is 11.3. The van der Waals surface area contributed by atoms with E-state index in [1.54, 1.807) is 0 Å². The van der Waals surface area contributed by atoms with Crippen molar-refractivity contribution in [3.05, 3.63) is 0 Å². The Kier molecular flexibility index (Phi) is 5.13. The molecule has 0 fully saturated rings. The molecule has 0 saturated heterocycles. The zero-order chi connectivity index (χ0) is 10.3. The number of hydrogen-bond donors (Lipinski definition) is 0. The van der Waals surface area contributed by atoms with Gasteiger partial charge < -0.3 is 4.74 Å². The lowest BCUT2D eigenvalue weighted by molar-refractivity contribution is -0.153. The van der Waals surface area contributed by atoms with Crippen LogP contribution >= 0.6 is 0 Å². The molecule has 0 amide bonds. The van der Waals surface area contributed by atoms with E-state index in [1.807, 2.05) is 20.8 Å². The van der Waals surface area contributed by atoms with E-state index < -0.39 is 5.41 Å². The van der Waals surface area contributed by atoms with Crippen LogP contribution in [0.4, 0.5) is 4.39 Å². The van der Waals surface area contributed by atoms with Gasteiger partial charge >= 0.3 is 5.97 Å². The van der Waals surface area contributed by atoms with E-state index in [0.717, 1.165) is 6.42 Å². The third-order valence-corrected chi connectivity index (χ3v) is 1.96. The van der Waals surface area contributed by atoms with Gasteiger partial charge in [-0.3, -0.25) is 4.79 Å². The second kappa shape index (κ2) is 5.58. The van der Waals surface area contributed by atoms with Crippen LogP contribution in [-0.2, 0) is 9.53 Å². The van der Waals surface area contributed by atoms with Gasteiger partial charge in [-0.2, -0.15) is 0 Å². The molecular weight excluding hydrogens is 171 g/mol. The van der Waals surface area contributed by atoms with E-state index in [2.05, 4.69) is 5.92 Å². The number of esters is 1. The zero-order valence-corrected chi connectivity index (χ0v) is 8.32. The van der Waals surface area contributed by atoms with E-state index in [1.165, 1.54) is 6.17 Å². The summed E-state index contributed by atoms with van der Waals surface area (Å²) in [5.41, 5.74) is -0.455. The van der Waals surface area contributed by atoms with Crippen LogP contribution in [0, 0.1) is 17.5 Å². The van der Waals surface area contributed by atoms with Gasteiger partial charge in [-0.25, -0.2) is 0 Å². The van der Waals surface area contributed by atoms with Crippen LogP contribution in [0.25, 0.3) is 0 Å². The Labute approximate surface area is 78.5 Å². The Morgan fingerprint density at radius 3 is 2.62 bits per heavy atom. The van der Waals surface area contributed by atoms with Gasteiger partial charge in [-0.1, -0.05) is 12.8 Å². The van der Waals surface area contributed by atoms with Gasteiger partial charge in [0, 0.05) is 6.42 Å². The van der Waals surface area contributed by atoms with Crippen molar-refractivity contribution in [1.82, 2.24) is 0 Å². The maximum absolute atomic E-state index is 11.3. The molecule has 0 aliphatic heterocycles. The lowest BCUT2D eigenvalue weighted by Crippen LogP contribution is -2.25. The Balaban J connectivity index is 3.79. The molecule has 0 spiro atoms. The average Bonchev–Trinajstić information content (AvgIpc) is 2.12. The van der Waals surface area contributed by atoms with Crippen molar-refractivity contribution in [3.8, 4) is 12.1 Å². The van der Waals surface area contributed by atoms with Gasteiger partial charge in [0.15, 0.2) is 0 Å². The molecule has 0 aromatic carbocycles. The fourth-order valence-electron chi connectivity index (χ4n) is 0.582. The molecule has 74 valence electrons. The van der Waals surface area contributed by atoms with E-state index in [9.17, 15) is 9.18 Å². The van der Waals surface area contributed by atoms with Gasteiger partial charge in [-0.05, 0) is 20.3 Å². The lowest BCUT2D eigenvalue weighted by atomic mass is 9.91. The Morgan fingerprint density at radius 1 is 1.54 bits per heavy atom. The normalized spacial score (nSPS) is 10.2. The Morgan fingerprint density at radius 2 is 2.15 bits per heavy atom. The molecule has 0 unspecified atom stereocenters. The molecular formula is C10H15FO2. The number of carbonyl (C=O) groups excluding carboxylic acids is 1. The summed E-state index contributed by atoms with van der Waals surface area (Å²) in [5.74, 6) is 1.93. The van der Waals surface area contributed by atoms with Crippen LogP contribution in [-0.4, -0.2) is 12.6 Å². The Bertz CT molecular complexity index is 223. The summed E-state index contributed by atoms with van der Waals surface area (Å²) >= 11 is 0. The van der Waals surface area contributed by atoms with Crippen LogP contribution < -0.4 is 0 Å². The fourth-order valence-corrected chi connectivity index (χ4v) is 0.582. The van der Waals surface area contributed by atoms with Crippen molar-refractivity contribution in [1.29, 1.82) is 0 Å². The molecule has 0 aliphatic rings. The zero-order valence-electron chi connectivity index (χ0n) is 8.32. The highest BCUT2D eigenvalue weighted by Gasteiger charge is 2.26. The molecule has 3 heteroatoms. The summed E-state index contributed by atoms with van der Waals surface area (Å²) in [6.45, 7) is 5.72. The standard InChI is InChI=1S/C10H15FO2/c1-4-10(2,3)9(12)13-8-6-5-7-11/h4,6,8H2,1-3H3. The predicted molar refractivity (Wildman–Crippen MR) is 48.5 cm³/mol. The molecule has 0 radical (unpaired) electrons. The van der Waals surface area contributed by atoms with Crippen molar-refractivity contribution >= 4 is 5.97 Å². The van der Waals surface area contributed by atoms with Crippen LogP contribution in [0.15, 0.2) is 0 Å². The predicted octanol–water partition coefficient (Wildman–Crippen LogP) is 2.29. The second-order valence-electron chi connectivity index (χ2n) is 3.39. The molecule has 0 saturated carbocycles. The number of rotatable bonds is 4. The van der Waals surface area contributed by atoms with E-state index in [-0.39, 0.29) is 19.0 Å². The highest BCUT2D eigenvalue weighted by Crippen LogP contribution is 2.21. The van der Waals surface area contributed by atoms with Gasteiger partial charge in [0.1, 0.15) is 12.8 Å². The smallest absolute Gasteiger partial charge is 0.311 e. The molecule has 0 aromatic rings. The van der Waals surface area contributed by atoms with E-state index >= 15 is 0 Å². The minimum atomic E-state index is -0.455. The first-order valence-electron chi connectivity index (χ1n) is 4.30.